The molecule has 2 heterocycles. The van der Waals surface area contributed by atoms with Crippen LogP contribution in [0.1, 0.15) is 22.0 Å². The first-order valence-corrected chi connectivity index (χ1v) is 7.62. The van der Waals surface area contributed by atoms with Crippen molar-refractivity contribution >= 4 is 21.2 Å². The number of sulfone groups is 1. The third kappa shape index (κ3) is 2.56. The van der Waals surface area contributed by atoms with Gasteiger partial charge in [-0.15, -0.1) is 11.3 Å². The molecule has 0 atom stereocenters. The lowest BCUT2D eigenvalue weighted by Gasteiger charge is -2.09. The van der Waals surface area contributed by atoms with Gasteiger partial charge < -0.3 is 5.73 Å². The van der Waals surface area contributed by atoms with Crippen LogP contribution in [-0.4, -0.2) is 25.7 Å². The predicted molar refractivity (Wildman–Crippen MR) is 60.7 cm³/mol. The van der Waals surface area contributed by atoms with E-state index in [0.29, 0.717) is 13.0 Å². The van der Waals surface area contributed by atoms with E-state index < -0.39 is 9.84 Å². The van der Waals surface area contributed by atoms with E-state index >= 15 is 0 Å². The fourth-order valence-electron chi connectivity index (χ4n) is 1.63. The van der Waals surface area contributed by atoms with E-state index in [9.17, 15) is 8.42 Å². The average molecular weight is 246 g/mol. The minimum Gasteiger partial charge on any atom is -0.330 e. The Morgan fingerprint density at radius 3 is 3.00 bits per heavy atom. The molecule has 0 saturated heterocycles. The number of rotatable bonds is 3. The molecule has 1 aromatic heterocycles. The van der Waals surface area contributed by atoms with Crippen molar-refractivity contribution in [3.05, 3.63) is 15.6 Å². The van der Waals surface area contributed by atoms with E-state index in [1.165, 1.54) is 11.3 Å². The van der Waals surface area contributed by atoms with Crippen LogP contribution in [0.3, 0.4) is 0 Å². The van der Waals surface area contributed by atoms with Crippen molar-refractivity contribution in [3.63, 3.8) is 0 Å². The molecular weight excluding hydrogens is 232 g/mol. The van der Waals surface area contributed by atoms with E-state index in [0.717, 1.165) is 28.4 Å². The van der Waals surface area contributed by atoms with Gasteiger partial charge in [-0.25, -0.2) is 13.4 Å². The van der Waals surface area contributed by atoms with Gasteiger partial charge in [0.1, 0.15) is 0 Å². The van der Waals surface area contributed by atoms with Gasteiger partial charge in [0.15, 0.2) is 9.84 Å². The Morgan fingerprint density at radius 1 is 1.47 bits per heavy atom. The SMILES string of the molecule is NCCCc1nc2c(s1)CS(=O)(=O)CC2. The minimum atomic E-state index is -2.86. The van der Waals surface area contributed by atoms with Crippen LogP contribution in [0.4, 0.5) is 0 Å². The number of fused-ring (bicyclic) bond motifs is 1. The van der Waals surface area contributed by atoms with Crippen LogP contribution in [0, 0.1) is 0 Å². The van der Waals surface area contributed by atoms with Gasteiger partial charge in [0.25, 0.3) is 0 Å². The molecule has 84 valence electrons. The smallest absolute Gasteiger partial charge is 0.155 e. The second kappa shape index (κ2) is 4.19. The summed E-state index contributed by atoms with van der Waals surface area (Å²) in [5.41, 5.74) is 6.41. The monoisotopic (exact) mass is 246 g/mol. The highest BCUT2D eigenvalue weighted by Gasteiger charge is 2.24. The lowest BCUT2D eigenvalue weighted by atomic mass is 10.3. The fraction of sp³-hybridized carbons (Fsp3) is 0.667. The first-order valence-electron chi connectivity index (χ1n) is 4.99. The summed E-state index contributed by atoms with van der Waals surface area (Å²) in [4.78, 5) is 5.39. The van der Waals surface area contributed by atoms with Crippen molar-refractivity contribution in [2.24, 2.45) is 5.73 Å². The van der Waals surface area contributed by atoms with E-state index in [4.69, 9.17) is 5.73 Å². The van der Waals surface area contributed by atoms with E-state index in [1.54, 1.807) is 0 Å². The van der Waals surface area contributed by atoms with Crippen LogP contribution in [0.25, 0.3) is 0 Å². The summed E-state index contributed by atoms with van der Waals surface area (Å²) in [6.07, 6.45) is 2.37. The van der Waals surface area contributed by atoms with E-state index in [-0.39, 0.29) is 11.5 Å². The minimum absolute atomic E-state index is 0.183. The second-order valence-electron chi connectivity index (χ2n) is 3.71. The summed E-state index contributed by atoms with van der Waals surface area (Å²) in [5, 5.41) is 1.03. The van der Waals surface area contributed by atoms with Crippen LogP contribution < -0.4 is 5.73 Å². The molecule has 0 aliphatic carbocycles. The van der Waals surface area contributed by atoms with Crippen molar-refractivity contribution in [1.29, 1.82) is 0 Å². The molecule has 0 saturated carbocycles. The third-order valence-electron chi connectivity index (χ3n) is 2.42. The molecule has 1 aliphatic heterocycles. The lowest BCUT2D eigenvalue weighted by Crippen LogP contribution is -2.17. The molecule has 0 spiro atoms. The molecule has 0 radical (unpaired) electrons. The Morgan fingerprint density at radius 2 is 2.27 bits per heavy atom. The number of aryl methyl sites for hydroxylation is 2. The van der Waals surface area contributed by atoms with Crippen LogP contribution >= 0.6 is 11.3 Å². The number of hydrogen-bond donors (Lipinski definition) is 1. The first kappa shape index (κ1) is 11.0. The zero-order valence-electron chi connectivity index (χ0n) is 8.40. The van der Waals surface area contributed by atoms with Crippen molar-refractivity contribution in [2.45, 2.75) is 25.0 Å². The number of aromatic nitrogens is 1. The molecule has 15 heavy (non-hydrogen) atoms. The summed E-state index contributed by atoms with van der Waals surface area (Å²) in [5.74, 6) is 0.433. The van der Waals surface area contributed by atoms with Gasteiger partial charge in [-0.1, -0.05) is 0 Å². The lowest BCUT2D eigenvalue weighted by molar-refractivity contribution is 0.591. The highest BCUT2D eigenvalue weighted by Crippen LogP contribution is 2.26. The van der Waals surface area contributed by atoms with Crippen LogP contribution in [0.2, 0.25) is 0 Å². The topological polar surface area (TPSA) is 73.0 Å². The Balaban J connectivity index is 2.18. The van der Waals surface area contributed by atoms with Crippen molar-refractivity contribution < 1.29 is 8.42 Å². The van der Waals surface area contributed by atoms with Gasteiger partial charge in [0, 0.05) is 17.7 Å². The number of hydrogen-bond acceptors (Lipinski definition) is 5. The molecule has 2 N–H and O–H groups in total. The molecule has 0 unspecified atom stereocenters. The average Bonchev–Trinajstić information content (AvgIpc) is 2.55. The van der Waals surface area contributed by atoms with Crippen molar-refractivity contribution in [3.8, 4) is 0 Å². The van der Waals surface area contributed by atoms with Crippen molar-refractivity contribution in [2.75, 3.05) is 12.3 Å². The molecule has 4 nitrogen and oxygen atoms in total. The molecular formula is C9H14N2O2S2. The van der Waals surface area contributed by atoms with Gasteiger partial charge >= 0.3 is 0 Å². The van der Waals surface area contributed by atoms with Crippen LogP contribution in [-0.2, 0) is 28.4 Å². The molecule has 0 aromatic carbocycles. The molecule has 2 rings (SSSR count). The fourth-order valence-corrected chi connectivity index (χ4v) is 4.57. The summed E-state index contributed by atoms with van der Waals surface area (Å²) >= 11 is 1.53. The van der Waals surface area contributed by atoms with Gasteiger partial charge in [0.2, 0.25) is 0 Å². The van der Waals surface area contributed by atoms with Crippen LogP contribution in [0.15, 0.2) is 0 Å². The highest BCUT2D eigenvalue weighted by atomic mass is 32.2. The predicted octanol–water partition coefficient (Wildman–Crippen LogP) is 0.505. The van der Waals surface area contributed by atoms with E-state index in [1.807, 2.05) is 0 Å². The Bertz CT molecular complexity index is 451. The Hall–Kier alpha value is -0.460. The number of nitrogens with two attached hydrogens (primary N) is 1. The molecule has 0 bridgehead atoms. The zero-order valence-corrected chi connectivity index (χ0v) is 10.0. The maximum atomic E-state index is 11.4. The molecule has 0 amide bonds. The number of thiazole rings is 1. The van der Waals surface area contributed by atoms with Gasteiger partial charge in [0.05, 0.1) is 22.2 Å². The Kier molecular flexibility index (Phi) is 3.08. The molecule has 1 aromatic rings. The summed E-state index contributed by atoms with van der Waals surface area (Å²) in [6, 6.07) is 0. The maximum Gasteiger partial charge on any atom is 0.155 e. The normalized spacial score (nSPS) is 18.7. The maximum absolute atomic E-state index is 11.4. The first-order chi connectivity index (χ1) is 7.11. The van der Waals surface area contributed by atoms with E-state index in [2.05, 4.69) is 4.98 Å². The van der Waals surface area contributed by atoms with Crippen molar-refractivity contribution in [1.82, 2.24) is 4.98 Å². The molecule has 0 fully saturated rings. The summed E-state index contributed by atoms with van der Waals surface area (Å²) in [6.45, 7) is 0.655. The third-order valence-corrected chi connectivity index (χ3v) is 5.31. The molecule has 1 aliphatic rings. The summed E-state index contributed by atoms with van der Waals surface area (Å²) in [7, 11) is -2.86. The zero-order chi connectivity index (χ0) is 10.9. The van der Waals surface area contributed by atoms with Crippen LogP contribution in [0.5, 0.6) is 0 Å². The number of nitrogens with zero attached hydrogens (tertiary/aromatic N) is 1. The van der Waals surface area contributed by atoms with Gasteiger partial charge in [-0.05, 0) is 13.0 Å². The standard InChI is InChI=1S/C9H14N2O2S2/c10-4-1-2-9-11-7-3-5-15(12,13)6-8(7)14-9/h1-6,10H2. The Labute approximate surface area is 93.4 Å². The molecule has 6 heteroatoms. The largest absolute Gasteiger partial charge is 0.330 e. The second-order valence-corrected chi connectivity index (χ2v) is 7.06. The van der Waals surface area contributed by atoms with Gasteiger partial charge in [-0.3, -0.25) is 0 Å². The quantitative estimate of drug-likeness (QED) is 0.843. The highest BCUT2D eigenvalue weighted by molar-refractivity contribution is 7.90. The summed E-state index contributed by atoms with van der Waals surface area (Å²) < 4.78 is 22.8. The van der Waals surface area contributed by atoms with Gasteiger partial charge in [-0.2, -0.15) is 0 Å².